The smallest absolute Gasteiger partial charge is 0.325 e. The zero-order chi connectivity index (χ0) is 14.5. The Kier molecular flexibility index (Phi) is 6.27. The van der Waals surface area contributed by atoms with Crippen LogP contribution in [0.15, 0.2) is 0 Å². The first kappa shape index (κ1) is 16.4. The molecule has 19 heavy (non-hydrogen) atoms. The normalized spacial score (nSPS) is 25.0. The summed E-state index contributed by atoms with van der Waals surface area (Å²) >= 11 is 0. The second-order valence-electron chi connectivity index (χ2n) is 6.13. The topological polar surface area (TPSA) is 55.6 Å². The van der Waals surface area contributed by atoms with Gasteiger partial charge in [0.1, 0.15) is 5.54 Å². The molecule has 1 rings (SSSR count). The molecule has 0 aliphatic carbocycles. The van der Waals surface area contributed by atoms with E-state index in [0.29, 0.717) is 19.1 Å². The van der Waals surface area contributed by atoms with Crippen molar-refractivity contribution >= 4 is 5.97 Å². The number of carbonyl (C=O) groups is 1. The molecule has 0 amide bonds. The molecule has 3 unspecified atom stereocenters. The quantitative estimate of drug-likeness (QED) is 0.720. The van der Waals surface area contributed by atoms with Crippen LogP contribution in [0.1, 0.15) is 53.4 Å². The summed E-state index contributed by atoms with van der Waals surface area (Å²) in [5.74, 6) is 0.533. The Morgan fingerprint density at radius 3 is 2.79 bits per heavy atom. The average molecular weight is 270 g/mol. The molecule has 1 fully saturated rings. The van der Waals surface area contributed by atoms with E-state index in [4.69, 9.17) is 10.5 Å². The summed E-state index contributed by atoms with van der Waals surface area (Å²) in [6.45, 7) is 10.7. The van der Waals surface area contributed by atoms with Gasteiger partial charge in [-0.25, -0.2) is 0 Å². The first-order chi connectivity index (χ1) is 8.90. The molecule has 0 aromatic heterocycles. The molecule has 4 nitrogen and oxygen atoms in total. The third-order valence-electron chi connectivity index (χ3n) is 4.10. The molecular formula is C15H30N2O2. The maximum absolute atomic E-state index is 11.8. The average Bonchev–Trinajstić information content (AvgIpc) is 2.78. The van der Waals surface area contributed by atoms with Crippen molar-refractivity contribution in [3.05, 3.63) is 0 Å². The molecule has 1 aliphatic heterocycles. The zero-order valence-electron chi connectivity index (χ0n) is 12.9. The van der Waals surface area contributed by atoms with Gasteiger partial charge in [0.15, 0.2) is 0 Å². The molecule has 0 saturated carbocycles. The molecule has 0 aromatic rings. The van der Waals surface area contributed by atoms with Crippen LogP contribution in [-0.2, 0) is 9.53 Å². The maximum Gasteiger partial charge on any atom is 0.325 e. The van der Waals surface area contributed by atoms with Crippen molar-refractivity contribution in [2.45, 2.75) is 65.0 Å². The number of hydrogen-bond donors (Lipinski definition) is 1. The lowest BCUT2D eigenvalue weighted by atomic mass is 9.94. The van der Waals surface area contributed by atoms with E-state index >= 15 is 0 Å². The summed E-state index contributed by atoms with van der Waals surface area (Å²) in [5, 5.41) is 0. The Hall–Kier alpha value is -0.610. The Labute approximate surface area is 117 Å². The van der Waals surface area contributed by atoms with Crippen LogP contribution in [0.4, 0.5) is 0 Å². The molecule has 4 heteroatoms. The zero-order valence-corrected chi connectivity index (χ0v) is 12.9. The van der Waals surface area contributed by atoms with Crippen molar-refractivity contribution in [3.8, 4) is 0 Å². The molecule has 1 heterocycles. The van der Waals surface area contributed by atoms with Crippen molar-refractivity contribution in [1.29, 1.82) is 0 Å². The van der Waals surface area contributed by atoms with Crippen LogP contribution in [0.25, 0.3) is 0 Å². The van der Waals surface area contributed by atoms with Crippen molar-refractivity contribution in [3.63, 3.8) is 0 Å². The van der Waals surface area contributed by atoms with Gasteiger partial charge in [-0.1, -0.05) is 13.3 Å². The van der Waals surface area contributed by atoms with Crippen LogP contribution in [0, 0.1) is 5.92 Å². The lowest BCUT2D eigenvalue weighted by Crippen LogP contribution is -2.50. The van der Waals surface area contributed by atoms with E-state index in [1.807, 2.05) is 6.92 Å². The molecule has 3 atom stereocenters. The van der Waals surface area contributed by atoms with Gasteiger partial charge in [0.25, 0.3) is 0 Å². The Morgan fingerprint density at radius 2 is 2.21 bits per heavy atom. The number of nitrogens with two attached hydrogens (primary N) is 1. The first-order valence-corrected chi connectivity index (χ1v) is 7.60. The summed E-state index contributed by atoms with van der Waals surface area (Å²) in [6, 6.07) is 0.335. The van der Waals surface area contributed by atoms with Gasteiger partial charge in [-0.15, -0.1) is 0 Å². The molecule has 0 bridgehead atoms. The van der Waals surface area contributed by atoms with E-state index in [1.54, 1.807) is 6.92 Å². The summed E-state index contributed by atoms with van der Waals surface area (Å²) in [7, 11) is 0. The maximum atomic E-state index is 11.8. The van der Waals surface area contributed by atoms with Crippen LogP contribution in [0.5, 0.6) is 0 Å². The third kappa shape index (κ3) is 4.77. The molecule has 1 saturated heterocycles. The first-order valence-electron chi connectivity index (χ1n) is 7.60. The lowest BCUT2D eigenvalue weighted by Gasteiger charge is -2.31. The standard InChI is InChI=1S/C15H30N2O2/c1-5-7-13-8-9-17(11-13)12(3)10-15(4,16)14(18)19-6-2/h12-13H,5-11,16H2,1-4H3. The number of likely N-dealkylation sites (tertiary alicyclic amines) is 1. The second kappa shape index (κ2) is 7.25. The number of carbonyl (C=O) groups excluding carboxylic acids is 1. The number of ether oxygens (including phenoxy) is 1. The van der Waals surface area contributed by atoms with E-state index in [9.17, 15) is 4.79 Å². The fourth-order valence-corrected chi connectivity index (χ4v) is 3.03. The minimum absolute atomic E-state index is 0.286. The minimum atomic E-state index is -0.877. The van der Waals surface area contributed by atoms with Gasteiger partial charge in [-0.2, -0.15) is 0 Å². The number of esters is 1. The fraction of sp³-hybridized carbons (Fsp3) is 0.933. The minimum Gasteiger partial charge on any atom is -0.465 e. The van der Waals surface area contributed by atoms with Crippen molar-refractivity contribution in [2.24, 2.45) is 11.7 Å². The molecule has 1 aliphatic rings. The van der Waals surface area contributed by atoms with Gasteiger partial charge in [0.2, 0.25) is 0 Å². The molecule has 112 valence electrons. The Morgan fingerprint density at radius 1 is 1.53 bits per heavy atom. The predicted octanol–water partition coefficient (Wildman–Crippen LogP) is 2.17. The van der Waals surface area contributed by atoms with E-state index in [-0.39, 0.29) is 5.97 Å². The molecule has 2 N–H and O–H groups in total. The largest absolute Gasteiger partial charge is 0.465 e. The van der Waals surface area contributed by atoms with Crippen LogP contribution in [-0.4, -0.2) is 42.1 Å². The molecular weight excluding hydrogens is 240 g/mol. The fourth-order valence-electron chi connectivity index (χ4n) is 3.03. The molecule has 0 radical (unpaired) electrons. The highest BCUT2D eigenvalue weighted by Crippen LogP contribution is 2.25. The number of hydrogen-bond acceptors (Lipinski definition) is 4. The van der Waals surface area contributed by atoms with E-state index in [1.165, 1.54) is 19.3 Å². The summed E-state index contributed by atoms with van der Waals surface area (Å²) in [4.78, 5) is 14.3. The number of rotatable bonds is 7. The van der Waals surface area contributed by atoms with E-state index < -0.39 is 5.54 Å². The highest BCUT2D eigenvalue weighted by Gasteiger charge is 2.35. The number of nitrogens with zero attached hydrogens (tertiary/aromatic N) is 1. The van der Waals surface area contributed by atoms with Crippen LogP contribution < -0.4 is 5.73 Å². The highest BCUT2D eigenvalue weighted by atomic mass is 16.5. The van der Waals surface area contributed by atoms with E-state index in [0.717, 1.165) is 19.0 Å². The van der Waals surface area contributed by atoms with Crippen molar-refractivity contribution < 1.29 is 9.53 Å². The summed E-state index contributed by atoms with van der Waals surface area (Å²) in [6.07, 6.45) is 4.49. The predicted molar refractivity (Wildman–Crippen MR) is 77.9 cm³/mol. The van der Waals surface area contributed by atoms with Crippen LogP contribution >= 0.6 is 0 Å². The van der Waals surface area contributed by atoms with Gasteiger partial charge in [-0.3, -0.25) is 4.79 Å². The summed E-state index contributed by atoms with van der Waals surface area (Å²) < 4.78 is 5.05. The second-order valence-corrected chi connectivity index (χ2v) is 6.13. The van der Waals surface area contributed by atoms with Gasteiger partial charge in [0, 0.05) is 12.6 Å². The molecule has 0 aromatic carbocycles. The third-order valence-corrected chi connectivity index (χ3v) is 4.10. The Balaban J connectivity index is 2.46. The van der Waals surface area contributed by atoms with Gasteiger partial charge in [-0.05, 0) is 52.5 Å². The highest BCUT2D eigenvalue weighted by molar-refractivity contribution is 5.80. The van der Waals surface area contributed by atoms with Crippen molar-refractivity contribution in [1.82, 2.24) is 4.90 Å². The van der Waals surface area contributed by atoms with Crippen molar-refractivity contribution in [2.75, 3.05) is 19.7 Å². The monoisotopic (exact) mass is 270 g/mol. The SMILES string of the molecule is CCCC1CCN(C(C)CC(C)(N)C(=O)OCC)C1. The van der Waals surface area contributed by atoms with Gasteiger partial charge >= 0.3 is 5.97 Å². The van der Waals surface area contributed by atoms with Crippen LogP contribution in [0.3, 0.4) is 0 Å². The van der Waals surface area contributed by atoms with E-state index in [2.05, 4.69) is 18.7 Å². The summed E-state index contributed by atoms with van der Waals surface area (Å²) in [5.41, 5.74) is 5.23. The molecule has 0 spiro atoms. The van der Waals surface area contributed by atoms with Gasteiger partial charge in [0.05, 0.1) is 6.61 Å². The Bertz CT molecular complexity index is 292. The van der Waals surface area contributed by atoms with Gasteiger partial charge < -0.3 is 15.4 Å². The lowest BCUT2D eigenvalue weighted by molar-refractivity contribution is -0.149. The van der Waals surface area contributed by atoms with Crippen LogP contribution in [0.2, 0.25) is 0 Å².